The Hall–Kier alpha value is -2.34. The third-order valence-corrected chi connectivity index (χ3v) is 5.93. The van der Waals surface area contributed by atoms with E-state index in [1.807, 2.05) is 0 Å². The fourth-order valence-corrected chi connectivity index (χ4v) is 3.88. The van der Waals surface area contributed by atoms with Gasteiger partial charge >= 0.3 is 11.7 Å². The molecule has 0 aromatic carbocycles. The van der Waals surface area contributed by atoms with Gasteiger partial charge in [0.15, 0.2) is 6.23 Å². The van der Waals surface area contributed by atoms with Crippen molar-refractivity contribution in [3.8, 4) is 0 Å². The van der Waals surface area contributed by atoms with E-state index in [-0.39, 0.29) is 24.6 Å². The number of ether oxygens (including phenoxy) is 2. The monoisotopic (exact) mass is 497 g/mol. The average molecular weight is 498 g/mol. The zero-order valence-electron chi connectivity index (χ0n) is 20.4. The van der Waals surface area contributed by atoms with Crippen LogP contribution in [0.1, 0.15) is 83.8 Å². The third kappa shape index (κ3) is 9.67. The molecule has 0 unspecified atom stereocenters. The van der Waals surface area contributed by atoms with E-state index in [2.05, 4.69) is 17.2 Å². The van der Waals surface area contributed by atoms with Crippen LogP contribution in [-0.4, -0.2) is 68.3 Å². The fraction of sp³-hybridized carbons (Fsp3) is 0.750. The van der Waals surface area contributed by atoms with Crippen molar-refractivity contribution >= 4 is 17.7 Å². The van der Waals surface area contributed by atoms with Gasteiger partial charge in [-0.2, -0.15) is 4.98 Å². The van der Waals surface area contributed by atoms with Gasteiger partial charge in [0.1, 0.15) is 24.1 Å². The van der Waals surface area contributed by atoms with Crippen LogP contribution in [-0.2, 0) is 19.1 Å². The zero-order chi connectivity index (χ0) is 25.6. The number of hydrogen-bond donors (Lipinski definition) is 4. The van der Waals surface area contributed by atoms with Crippen LogP contribution in [0.5, 0.6) is 0 Å². The standard InChI is InChI=1S/C24H39N3O8/c1-2-3-4-5-6-7-8-9-15-34-20(30)12-10-11-19(29)25-18-13-14-27(24(33)26-18)23-22(32)21(31)17(16-28)35-23/h13-14,17,21-23,28,31-32H,2-12,15-16H2,1H3,(H,25,26,29,33)/t17-,21-,22+,23-/m1/s1. The molecule has 4 N–H and O–H groups in total. The molecule has 198 valence electrons. The number of nitrogens with one attached hydrogen (secondary N) is 1. The molecule has 35 heavy (non-hydrogen) atoms. The topological polar surface area (TPSA) is 160 Å². The van der Waals surface area contributed by atoms with Crippen molar-refractivity contribution in [3.63, 3.8) is 0 Å². The second-order valence-electron chi connectivity index (χ2n) is 8.83. The number of carbonyl (C=O) groups excluding carboxylic acids is 2. The van der Waals surface area contributed by atoms with Gasteiger partial charge in [-0.3, -0.25) is 14.2 Å². The van der Waals surface area contributed by atoms with Crippen LogP contribution in [0, 0.1) is 0 Å². The number of anilines is 1. The summed E-state index contributed by atoms with van der Waals surface area (Å²) < 4.78 is 11.5. The summed E-state index contributed by atoms with van der Waals surface area (Å²) in [6.45, 7) is 2.08. The summed E-state index contributed by atoms with van der Waals surface area (Å²) in [7, 11) is 0. The van der Waals surface area contributed by atoms with Crippen molar-refractivity contribution in [1.29, 1.82) is 0 Å². The van der Waals surface area contributed by atoms with Gasteiger partial charge in [0.05, 0.1) is 13.2 Å². The second-order valence-corrected chi connectivity index (χ2v) is 8.83. The molecule has 0 radical (unpaired) electrons. The number of aliphatic hydroxyl groups excluding tert-OH is 3. The molecule has 1 fully saturated rings. The zero-order valence-corrected chi connectivity index (χ0v) is 20.4. The minimum absolute atomic E-state index is 0.0141. The highest BCUT2D eigenvalue weighted by atomic mass is 16.6. The van der Waals surface area contributed by atoms with Crippen LogP contribution in [0.3, 0.4) is 0 Å². The highest BCUT2D eigenvalue weighted by Gasteiger charge is 2.43. The Balaban J connectivity index is 1.63. The van der Waals surface area contributed by atoms with Crippen LogP contribution in [0.25, 0.3) is 0 Å². The quantitative estimate of drug-likeness (QED) is 0.197. The van der Waals surface area contributed by atoms with Gasteiger partial charge in [0, 0.05) is 19.0 Å². The number of aliphatic hydroxyl groups is 3. The van der Waals surface area contributed by atoms with Crippen molar-refractivity contribution in [2.75, 3.05) is 18.5 Å². The molecule has 1 aromatic heterocycles. The van der Waals surface area contributed by atoms with E-state index >= 15 is 0 Å². The number of esters is 1. The highest BCUT2D eigenvalue weighted by Crippen LogP contribution is 2.28. The molecule has 0 aliphatic carbocycles. The Morgan fingerprint density at radius 3 is 2.37 bits per heavy atom. The Labute approximate surface area is 205 Å². The van der Waals surface area contributed by atoms with E-state index in [0.717, 1.165) is 23.8 Å². The number of hydrogen-bond acceptors (Lipinski definition) is 9. The van der Waals surface area contributed by atoms with Gasteiger partial charge < -0.3 is 30.1 Å². The molecule has 4 atom stereocenters. The number of carbonyl (C=O) groups is 2. The lowest BCUT2D eigenvalue weighted by Gasteiger charge is -2.17. The predicted molar refractivity (Wildman–Crippen MR) is 128 cm³/mol. The summed E-state index contributed by atoms with van der Waals surface area (Å²) in [4.78, 5) is 40.0. The Kier molecular flexibility index (Phi) is 12.9. The van der Waals surface area contributed by atoms with Crippen molar-refractivity contribution in [3.05, 3.63) is 22.7 Å². The van der Waals surface area contributed by atoms with Crippen LogP contribution in [0.15, 0.2) is 17.1 Å². The molecule has 0 spiro atoms. The number of rotatable bonds is 16. The summed E-state index contributed by atoms with van der Waals surface area (Å²) in [5.74, 6) is -0.723. The van der Waals surface area contributed by atoms with Crippen LogP contribution >= 0.6 is 0 Å². The molecule has 0 bridgehead atoms. The van der Waals surface area contributed by atoms with Crippen molar-refractivity contribution in [2.24, 2.45) is 0 Å². The molecule has 1 aromatic rings. The minimum Gasteiger partial charge on any atom is -0.466 e. The van der Waals surface area contributed by atoms with Gasteiger partial charge in [-0.25, -0.2) is 4.79 Å². The first kappa shape index (κ1) is 28.9. The summed E-state index contributed by atoms with van der Waals surface area (Å²) in [5.41, 5.74) is -0.804. The van der Waals surface area contributed by atoms with Gasteiger partial charge in [-0.1, -0.05) is 51.9 Å². The smallest absolute Gasteiger partial charge is 0.351 e. The molecule has 1 aliphatic rings. The lowest BCUT2D eigenvalue weighted by molar-refractivity contribution is -0.143. The molecule has 1 amide bonds. The Bertz CT molecular complexity index is 846. The second kappa shape index (κ2) is 15.6. The summed E-state index contributed by atoms with van der Waals surface area (Å²) in [6.07, 6.45) is 6.12. The van der Waals surface area contributed by atoms with Crippen LogP contribution < -0.4 is 11.0 Å². The first-order valence-corrected chi connectivity index (χ1v) is 12.5. The maximum Gasteiger partial charge on any atom is 0.351 e. The summed E-state index contributed by atoms with van der Waals surface area (Å²) in [5, 5.41) is 31.5. The van der Waals surface area contributed by atoms with Crippen LogP contribution in [0.2, 0.25) is 0 Å². The van der Waals surface area contributed by atoms with Crippen molar-refractivity contribution < 1.29 is 34.4 Å². The fourth-order valence-electron chi connectivity index (χ4n) is 3.88. The Morgan fingerprint density at radius 2 is 1.74 bits per heavy atom. The lowest BCUT2D eigenvalue weighted by Crippen LogP contribution is -2.36. The first-order valence-electron chi connectivity index (χ1n) is 12.5. The molecular formula is C24H39N3O8. The van der Waals surface area contributed by atoms with E-state index < -0.39 is 42.7 Å². The minimum atomic E-state index is -1.41. The van der Waals surface area contributed by atoms with Gasteiger partial charge in [-0.15, -0.1) is 0 Å². The third-order valence-electron chi connectivity index (χ3n) is 5.93. The van der Waals surface area contributed by atoms with Gasteiger partial charge in [0.25, 0.3) is 0 Å². The molecule has 11 nitrogen and oxygen atoms in total. The maximum atomic E-state index is 12.3. The first-order chi connectivity index (χ1) is 16.9. The molecule has 1 aliphatic heterocycles. The number of aromatic nitrogens is 2. The normalized spacial score (nSPS) is 21.7. The van der Waals surface area contributed by atoms with E-state index in [4.69, 9.17) is 14.6 Å². The number of nitrogens with zero attached hydrogens (tertiary/aromatic N) is 2. The molecular weight excluding hydrogens is 458 g/mol. The van der Waals surface area contributed by atoms with E-state index in [9.17, 15) is 24.6 Å². The van der Waals surface area contributed by atoms with Crippen molar-refractivity contribution in [2.45, 2.75) is 102 Å². The Morgan fingerprint density at radius 1 is 1.06 bits per heavy atom. The summed E-state index contributed by atoms with van der Waals surface area (Å²) in [6, 6.07) is 1.35. The summed E-state index contributed by atoms with van der Waals surface area (Å²) >= 11 is 0. The average Bonchev–Trinajstić information content (AvgIpc) is 3.11. The molecule has 0 saturated carbocycles. The van der Waals surface area contributed by atoms with Gasteiger partial charge in [-0.05, 0) is 18.9 Å². The molecule has 2 heterocycles. The van der Waals surface area contributed by atoms with E-state index in [0.29, 0.717) is 13.0 Å². The lowest BCUT2D eigenvalue weighted by atomic mass is 10.1. The van der Waals surface area contributed by atoms with E-state index in [1.165, 1.54) is 44.4 Å². The number of amides is 1. The number of unbranched alkanes of at least 4 members (excludes halogenated alkanes) is 7. The maximum absolute atomic E-state index is 12.3. The van der Waals surface area contributed by atoms with Crippen LogP contribution in [0.4, 0.5) is 5.82 Å². The molecule has 1 saturated heterocycles. The molecule has 2 rings (SSSR count). The predicted octanol–water partition coefficient (Wildman–Crippen LogP) is 1.65. The van der Waals surface area contributed by atoms with Crippen molar-refractivity contribution in [1.82, 2.24) is 9.55 Å². The largest absolute Gasteiger partial charge is 0.466 e. The SMILES string of the molecule is CCCCCCCCCCOC(=O)CCCC(=O)Nc1ccn([C@@H]2O[C@H](CO)[C@@H](O)[C@@H]2O)c(=O)n1. The van der Waals surface area contributed by atoms with E-state index in [1.54, 1.807) is 0 Å². The molecule has 11 heteroatoms. The van der Waals surface area contributed by atoms with Gasteiger partial charge in [0.2, 0.25) is 5.91 Å². The highest BCUT2D eigenvalue weighted by molar-refractivity contribution is 5.89.